The summed E-state index contributed by atoms with van der Waals surface area (Å²) in [5.41, 5.74) is 2.31. The van der Waals surface area contributed by atoms with E-state index < -0.39 is 22.2 Å². The number of thiophene rings is 1. The molecule has 1 aromatic carbocycles. The SMILES string of the molecule is CCOCCN(c1cccc2cc(-c3ncc(CN4CCCCC4)s3)[nH]c12)S(=O)(=O)c1cccs1.O=C(O)C(F)(F)F. The number of aromatic nitrogens is 2. The molecule has 0 unspecified atom stereocenters. The molecule has 1 aliphatic rings. The number of hydrogen-bond acceptors (Lipinski definition) is 8. The normalized spacial score (nSPS) is 14.5. The molecule has 2 N–H and O–H groups in total. The summed E-state index contributed by atoms with van der Waals surface area (Å²) in [5, 5.41) is 10.8. The van der Waals surface area contributed by atoms with E-state index in [1.165, 1.54) is 39.8 Å². The topological polar surface area (TPSA) is 116 Å². The third-order valence-corrected chi connectivity index (χ3v) is 10.6. The number of H-pyrrole nitrogens is 1. The maximum atomic E-state index is 13.6. The lowest BCUT2D eigenvalue weighted by Gasteiger charge is -2.25. The van der Waals surface area contributed by atoms with Gasteiger partial charge in [-0.3, -0.25) is 9.21 Å². The molecule has 3 aromatic heterocycles. The molecule has 0 spiro atoms. The van der Waals surface area contributed by atoms with Gasteiger partial charge in [-0.1, -0.05) is 24.6 Å². The number of halogens is 3. The molecule has 0 atom stereocenters. The molecule has 1 saturated heterocycles. The van der Waals surface area contributed by atoms with Gasteiger partial charge in [0.2, 0.25) is 0 Å². The Balaban J connectivity index is 0.000000517. The molecular weight excluding hydrogens is 614 g/mol. The van der Waals surface area contributed by atoms with Gasteiger partial charge in [-0.2, -0.15) is 13.2 Å². The lowest BCUT2D eigenvalue weighted by atomic mass is 10.1. The lowest BCUT2D eigenvalue weighted by molar-refractivity contribution is -0.192. The van der Waals surface area contributed by atoms with Crippen molar-refractivity contribution in [2.24, 2.45) is 0 Å². The molecule has 0 radical (unpaired) electrons. The molecule has 15 heteroatoms. The quantitative estimate of drug-likeness (QED) is 0.198. The van der Waals surface area contributed by atoms with Crippen LogP contribution in [-0.4, -0.2) is 73.4 Å². The van der Waals surface area contributed by atoms with Crippen molar-refractivity contribution in [3.05, 3.63) is 52.9 Å². The predicted molar refractivity (Wildman–Crippen MR) is 158 cm³/mol. The number of likely N-dealkylation sites (tertiary alicyclic amines) is 1. The number of aliphatic carboxylic acids is 1. The Morgan fingerprint density at radius 2 is 1.93 bits per heavy atom. The third-order valence-electron chi connectivity index (χ3n) is 6.44. The monoisotopic (exact) mass is 644 g/mol. The molecule has 42 heavy (non-hydrogen) atoms. The number of carbonyl (C=O) groups is 1. The van der Waals surface area contributed by atoms with Gasteiger partial charge >= 0.3 is 12.1 Å². The summed E-state index contributed by atoms with van der Waals surface area (Å²) < 4.78 is 66.1. The van der Waals surface area contributed by atoms with Crippen LogP contribution in [0.5, 0.6) is 0 Å². The zero-order chi connectivity index (χ0) is 30.3. The fourth-order valence-electron chi connectivity index (χ4n) is 4.49. The fourth-order valence-corrected chi connectivity index (χ4v) is 7.98. The van der Waals surface area contributed by atoms with Crippen molar-refractivity contribution in [3.8, 4) is 10.7 Å². The summed E-state index contributed by atoms with van der Waals surface area (Å²) in [6.07, 6.45) is 0.748. The average molecular weight is 645 g/mol. The van der Waals surface area contributed by atoms with E-state index in [0.717, 1.165) is 41.2 Å². The van der Waals surface area contributed by atoms with Gasteiger partial charge < -0.3 is 14.8 Å². The lowest BCUT2D eigenvalue weighted by Crippen LogP contribution is -2.34. The highest BCUT2D eigenvalue weighted by atomic mass is 32.2. The van der Waals surface area contributed by atoms with Crippen LogP contribution in [0.15, 0.2) is 52.2 Å². The number of carboxylic acid groups (broad SMARTS) is 1. The number of hydrogen-bond donors (Lipinski definition) is 2. The largest absolute Gasteiger partial charge is 0.490 e. The number of aromatic amines is 1. The van der Waals surface area contributed by atoms with Gasteiger partial charge in [0.25, 0.3) is 10.0 Å². The van der Waals surface area contributed by atoms with Crippen LogP contribution >= 0.6 is 22.7 Å². The summed E-state index contributed by atoms with van der Waals surface area (Å²) in [6.45, 7) is 6.24. The number of benzene rings is 1. The zero-order valence-corrected chi connectivity index (χ0v) is 25.2. The van der Waals surface area contributed by atoms with Crippen LogP contribution < -0.4 is 4.31 Å². The number of para-hydroxylation sites is 1. The second kappa shape index (κ2) is 14.0. The minimum absolute atomic E-state index is 0.235. The number of rotatable bonds is 10. The smallest absolute Gasteiger partial charge is 0.475 e. The number of thiazole rings is 1. The van der Waals surface area contributed by atoms with Crippen molar-refractivity contribution in [2.75, 3.05) is 37.2 Å². The van der Waals surface area contributed by atoms with E-state index in [0.29, 0.717) is 23.1 Å². The first kappa shape index (κ1) is 31.9. The van der Waals surface area contributed by atoms with Crippen LogP contribution in [0.1, 0.15) is 31.1 Å². The standard InChI is InChI=1S/C25H30N4O3S3.C2HF3O2/c1-2-32-14-13-29(35(30,31)23-10-7-15-33-23)22-9-6-8-19-16-21(27-24(19)22)25-26-17-20(34-25)18-28-11-4-3-5-12-28;3-2(4,5)1(6)7/h6-10,15-17,27H,2-5,11-14,18H2,1H3;(H,6,7). The molecule has 0 bridgehead atoms. The van der Waals surface area contributed by atoms with Gasteiger partial charge in [0.1, 0.15) is 9.22 Å². The highest BCUT2D eigenvalue weighted by molar-refractivity contribution is 7.94. The second-order valence-electron chi connectivity index (χ2n) is 9.40. The molecule has 9 nitrogen and oxygen atoms in total. The number of fused-ring (bicyclic) bond motifs is 1. The van der Waals surface area contributed by atoms with E-state index in [4.69, 9.17) is 14.6 Å². The van der Waals surface area contributed by atoms with E-state index in [1.807, 2.05) is 31.3 Å². The first-order valence-electron chi connectivity index (χ1n) is 13.2. The van der Waals surface area contributed by atoms with E-state index >= 15 is 0 Å². The van der Waals surface area contributed by atoms with E-state index in [1.54, 1.807) is 28.8 Å². The van der Waals surface area contributed by atoms with Crippen LogP contribution in [0.25, 0.3) is 21.6 Å². The summed E-state index contributed by atoms with van der Waals surface area (Å²) in [5.74, 6) is -2.76. The van der Waals surface area contributed by atoms with Gasteiger partial charge in [0, 0.05) is 29.6 Å². The summed E-state index contributed by atoms with van der Waals surface area (Å²) in [6, 6.07) is 11.2. The van der Waals surface area contributed by atoms with E-state index in [9.17, 15) is 21.6 Å². The number of anilines is 1. The van der Waals surface area contributed by atoms with Crippen molar-refractivity contribution in [1.82, 2.24) is 14.9 Å². The van der Waals surface area contributed by atoms with Crippen LogP contribution in [-0.2, 0) is 26.1 Å². The van der Waals surface area contributed by atoms with Crippen molar-refractivity contribution >= 4 is 55.3 Å². The van der Waals surface area contributed by atoms with Crippen LogP contribution in [0.2, 0.25) is 0 Å². The number of nitrogens with one attached hydrogen (secondary N) is 1. The van der Waals surface area contributed by atoms with Gasteiger partial charge in [-0.15, -0.1) is 22.7 Å². The van der Waals surface area contributed by atoms with Crippen molar-refractivity contribution in [2.45, 2.75) is 43.1 Å². The van der Waals surface area contributed by atoms with E-state index in [-0.39, 0.29) is 6.54 Å². The molecule has 1 fully saturated rings. The Morgan fingerprint density at radius 1 is 1.19 bits per heavy atom. The first-order valence-corrected chi connectivity index (χ1v) is 16.4. The third kappa shape index (κ3) is 7.89. The molecule has 0 amide bonds. The fraction of sp³-hybridized carbons (Fsp3) is 0.407. The number of piperidine rings is 1. The maximum absolute atomic E-state index is 13.6. The number of alkyl halides is 3. The van der Waals surface area contributed by atoms with Gasteiger partial charge in [0.15, 0.2) is 0 Å². The average Bonchev–Trinajstić information content (AvgIpc) is 3.72. The zero-order valence-electron chi connectivity index (χ0n) is 22.8. The molecule has 0 saturated carbocycles. The number of carboxylic acids is 1. The molecule has 4 heterocycles. The summed E-state index contributed by atoms with van der Waals surface area (Å²) in [4.78, 5) is 20.8. The van der Waals surface area contributed by atoms with Crippen LogP contribution in [0, 0.1) is 0 Å². The molecule has 1 aliphatic heterocycles. The minimum atomic E-state index is -5.08. The van der Waals surface area contributed by atoms with Crippen molar-refractivity contribution in [3.63, 3.8) is 0 Å². The molecule has 4 aromatic rings. The van der Waals surface area contributed by atoms with Gasteiger partial charge in [0.05, 0.1) is 30.0 Å². The number of nitrogens with zero attached hydrogens (tertiary/aromatic N) is 3. The minimum Gasteiger partial charge on any atom is -0.475 e. The van der Waals surface area contributed by atoms with Crippen LogP contribution in [0.3, 0.4) is 0 Å². The highest BCUT2D eigenvalue weighted by Gasteiger charge is 2.38. The van der Waals surface area contributed by atoms with Crippen LogP contribution in [0.4, 0.5) is 18.9 Å². The Morgan fingerprint density at radius 3 is 2.57 bits per heavy atom. The highest BCUT2D eigenvalue weighted by Crippen LogP contribution is 2.35. The Labute approximate surface area is 249 Å². The summed E-state index contributed by atoms with van der Waals surface area (Å²) in [7, 11) is -3.72. The predicted octanol–water partition coefficient (Wildman–Crippen LogP) is 6.20. The Bertz CT molecular complexity index is 1560. The summed E-state index contributed by atoms with van der Waals surface area (Å²) >= 11 is 2.92. The molecular formula is C27H31F3N4O5S3. The Hall–Kier alpha value is -2.98. The second-order valence-corrected chi connectivity index (χ2v) is 13.6. The van der Waals surface area contributed by atoms with E-state index in [2.05, 4.69) is 20.9 Å². The number of ether oxygens (including phenoxy) is 1. The first-order chi connectivity index (χ1) is 20.0. The molecule has 5 rings (SSSR count). The Kier molecular flexibility index (Phi) is 10.6. The molecule has 228 valence electrons. The molecule has 0 aliphatic carbocycles. The van der Waals surface area contributed by atoms with Crippen molar-refractivity contribution in [1.29, 1.82) is 0 Å². The van der Waals surface area contributed by atoms with Crippen molar-refractivity contribution < 1.29 is 36.2 Å². The van der Waals surface area contributed by atoms with Gasteiger partial charge in [-0.25, -0.2) is 18.2 Å². The maximum Gasteiger partial charge on any atom is 0.490 e. The number of sulfonamides is 1. The van der Waals surface area contributed by atoms with Gasteiger partial charge in [-0.05, 0) is 56.4 Å².